The number of piperidine rings is 1. The van der Waals surface area contributed by atoms with E-state index >= 15 is 0 Å². The van der Waals surface area contributed by atoms with Crippen LogP contribution in [-0.2, 0) is 4.79 Å². The molecule has 1 amide bonds. The summed E-state index contributed by atoms with van der Waals surface area (Å²) in [4.78, 5) is 14.7. The number of nitrogens with zero attached hydrogens (tertiary/aromatic N) is 1. The molecule has 5 atom stereocenters. The second-order valence-electron chi connectivity index (χ2n) is 6.72. The van der Waals surface area contributed by atoms with E-state index in [1.165, 1.54) is 6.42 Å². The molecular formula is C15H28N2O. The summed E-state index contributed by atoms with van der Waals surface area (Å²) in [6, 6.07) is 0.0864. The van der Waals surface area contributed by atoms with Gasteiger partial charge >= 0.3 is 0 Å². The maximum absolute atomic E-state index is 12.6. The van der Waals surface area contributed by atoms with Gasteiger partial charge in [0.25, 0.3) is 0 Å². The molecule has 1 saturated heterocycles. The van der Waals surface area contributed by atoms with Gasteiger partial charge < -0.3 is 10.6 Å². The van der Waals surface area contributed by atoms with E-state index in [0.29, 0.717) is 17.7 Å². The number of likely N-dealkylation sites (tertiary alicyclic amines) is 1. The molecular weight excluding hydrogens is 224 g/mol. The number of hydrogen-bond donors (Lipinski definition) is 1. The van der Waals surface area contributed by atoms with Gasteiger partial charge in [0.15, 0.2) is 0 Å². The topological polar surface area (TPSA) is 46.3 Å². The first-order valence-corrected chi connectivity index (χ1v) is 7.53. The van der Waals surface area contributed by atoms with Crippen LogP contribution in [0, 0.1) is 23.7 Å². The average Bonchev–Trinajstić information content (AvgIpc) is 2.35. The standard InChI is InChI=1S/C15H28N2O/c1-10-4-5-14(16)13(8-10)15(18)17-7-6-11(2)12(3)9-17/h10-14H,4-9,16H2,1-3H3. The van der Waals surface area contributed by atoms with Crippen LogP contribution in [0.4, 0.5) is 0 Å². The molecule has 2 aliphatic rings. The Morgan fingerprint density at radius 3 is 2.50 bits per heavy atom. The first-order chi connectivity index (χ1) is 8.49. The van der Waals surface area contributed by atoms with Crippen molar-refractivity contribution in [2.24, 2.45) is 29.4 Å². The Morgan fingerprint density at radius 1 is 1.11 bits per heavy atom. The zero-order valence-electron chi connectivity index (χ0n) is 12.1. The van der Waals surface area contributed by atoms with Crippen molar-refractivity contribution in [2.45, 2.75) is 52.5 Å². The molecule has 0 spiro atoms. The largest absolute Gasteiger partial charge is 0.342 e. The van der Waals surface area contributed by atoms with Crippen molar-refractivity contribution in [3.05, 3.63) is 0 Å². The number of carbonyl (C=O) groups is 1. The predicted octanol–water partition coefficient (Wildman–Crippen LogP) is 2.25. The minimum atomic E-state index is 0.0781. The van der Waals surface area contributed by atoms with E-state index in [4.69, 9.17) is 5.73 Å². The number of hydrogen-bond acceptors (Lipinski definition) is 2. The van der Waals surface area contributed by atoms with Crippen LogP contribution in [0.3, 0.4) is 0 Å². The van der Waals surface area contributed by atoms with E-state index < -0.39 is 0 Å². The molecule has 2 fully saturated rings. The van der Waals surface area contributed by atoms with Gasteiger partial charge in [0.05, 0.1) is 5.92 Å². The van der Waals surface area contributed by atoms with Crippen LogP contribution in [0.25, 0.3) is 0 Å². The highest BCUT2D eigenvalue weighted by molar-refractivity contribution is 5.79. The zero-order valence-corrected chi connectivity index (χ0v) is 12.1. The first-order valence-electron chi connectivity index (χ1n) is 7.53. The Morgan fingerprint density at radius 2 is 1.83 bits per heavy atom. The third-order valence-corrected chi connectivity index (χ3v) is 5.13. The molecule has 5 unspecified atom stereocenters. The van der Waals surface area contributed by atoms with E-state index in [-0.39, 0.29) is 12.0 Å². The summed E-state index contributed by atoms with van der Waals surface area (Å²) in [5, 5.41) is 0. The number of rotatable bonds is 1. The lowest BCUT2D eigenvalue weighted by Gasteiger charge is -2.40. The Balaban J connectivity index is 1.98. The van der Waals surface area contributed by atoms with Crippen LogP contribution in [0.1, 0.15) is 46.5 Å². The lowest BCUT2D eigenvalue weighted by atomic mass is 9.78. The van der Waals surface area contributed by atoms with Crippen molar-refractivity contribution in [3.63, 3.8) is 0 Å². The highest BCUT2D eigenvalue weighted by atomic mass is 16.2. The first kappa shape index (κ1) is 13.9. The lowest BCUT2D eigenvalue weighted by Crippen LogP contribution is -2.50. The Bertz CT molecular complexity index is 305. The molecule has 104 valence electrons. The van der Waals surface area contributed by atoms with Crippen molar-refractivity contribution < 1.29 is 4.79 Å². The minimum absolute atomic E-state index is 0.0781. The molecule has 3 heteroatoms. The maximum atomic E-state index is 12.6. The number of nitrogens with two attached hydrogens (primary N) is 1. The summed E-state index contributed by atoms with van der Waals surface area (Å²) >= 11 is 0. The third kappa shape index (κ3) is 2.87. The number of amides is 1. The van der Waals surface area contributed by atoms with Gasteiger partial charge in [0, 0.05) is 19.1 Å². The van der Waals surface area contributed by atoms with E-state index in [1.54, 1.807) is 0 Å². The fourth-order valence-electron chi connectivity index (χ4n) is 3.39. The fourth-order valence-corrected chi connectivity index (χ4v) is 3.39. The van der Waals surface area contributed by atoms with E-state index in [0.717, 1.165) is 38.3 Å². The van der Waals surface area contributed by atoms with Crippen LogP contribution >= 0.6 is 0 Å². The summed E-state index contributed by atoms with van der Waals surface area (Å²) in [6.07, 6.45) is 4.32. The molecule has 2 rings (SSSR count). The molecule has 0 bridgehead atoms. The van der Waals surface area contributed by atoms with Crippen molar-refractivity contribution >= 4 is 5.91 Å². The van der Waals surface area contributed by atoms with Gasteiger partial charge in [-0.2, -0.15) is 0 Å². The lowest BCUT2D eigenvalue weighted by molar-refractivity contribution is -0.140. The van der Waals surface area contributed by atoms with E-state index in [1.807, 2.05) is 0 Å². The predicted molar refractivity (Wildman–Crippen MR) is 74.0 cm³/mol. The van der Waals surface area contributed by atoms with Crippen molar-refractivity contribution in [1.29, 1.82) is 0 Å². The summed E-state index contributed by atoms with van der Waals surface area (Å²) < 4.78 is 0. The van der Waals surface area contributed by atoms with Gasteiger partial charge in [0.2, 0.25) is 5.91 Å². The second kappa shape index (κ2) is 5.60. The van der Waals surface area contributed by atoms with Crippen molar-refractivity contribution in [1.82, 2.24) is 4.90 Å². The van der Waals surface area contributed by atoms with Crippen LogP contribution in [0.15, 0.2) is 0 Å². The van der Waals surface area contributed by atoms with Crippen LogP contribution in [0.2, 0.25) is 0 Å². The average molecular weight is 252 g/mol. The van der Waals surface area contributed by atoms with Gasteiger partial charge in [-0.05, 0) is 43.4 Å². The van der Waals surface area contributed by atoms with Crippen LogP contribution < -0.4 is 5.73 Å². The SMILES string of the molecule is CC1CCC(N)C(C(=O)N2CCC(C)C(C)C2)C1. The molecule has 1 saturated carbocycles. The molecule has 0 aromatic heterocycles. The second-order valence-corrected chi connectivity index (χ2v) is 6.72. The van der Waals surface area contributed by atoms with Gasteiger partial charge in [-0.1, -0.05) is 20.8 Å². The van der Waals surface area contributed by atoms with Gasteiger partial charge in [-0.25, -0.2) is 0 Å². The summed E-state index contributed by atoms with van der Waals surface area (Å²) in [6.45, 7) is 8.65. The number of carbonyl (C=O) groups excluding carboxylic acids is 1. The normalized spacial score (nSPS) is 41.8. The minimum Gasteiger partial charge on any atom is -0.342 e. The van der Waals surface area contributed by atoms with Crippen LogP contribution in [-0.4, -0.2) is 29.9 Å². The highest BCUT2D eigenvalue weighted by Crippen LogP contribution is 2.31. The molecule has 1 aliphatic carbocycles. The van der Waals surface area contributed by atoms with E-state index in [2.05, 4.69) is 25.7 Å². The quantitative estimate of drug-likeness (QED) is 0.778. The monoisotopic (exact) mass is 252 g/mol. The molecule has 1 heterocycles. The molecule has 18 heavy (non-hydrogen) atoms. The summed E-state index contributed by atoms with van der Waals surface area (Å²) in [5.41, 5.74) is 6.16. The highest BCUT2D eigenvalue weighted by Gasteiger charge is 2.36. The van der Waals surface area contributed by atoms with Gasteiger partial charge in [-0.3, -0.25) is 4.79 Å². The van der Waals surface area contributed by atoms with E-state index in [9.17, 15) is 4.79 Å². The maximum Gasteiger partial charge on any atom is 0.227 e. The van der Waals surface area contributed by atoms with Crippen molar-refractivity contribution in [3.8, 4) is 0 Å². The Hall–Kier alpha value is -0.570. The van der Waals surface area contributed by atoms with Crippen molar-refractivity contribution in [2.75, 3.05) is 13.1 Å². The molecule has 0 aromatic rings. The molecule has 1 aliphatic heterocycles. The Labute approximate surface area is 111 Å². The zero-order chi connectivity index (χ0) is 13.3. The Kier molecular flexibility index (Phi) is 4.31. The van der Waals surface area contributed by atoms with Crippen LogP contribution in [0.5, 0.6) is 0 Å². The molecule has 2 N–H and O–H groups in total. The molecule has 3 nitrogen and oxygen atoms in total. The molecule has 0 radical (unpaired) electrons. The summed E-state index contributed by atoms with van der Waals surface area (Å²) in [7, 11) is 0. The van der Waals surface area contributed by atoms with Gasteiger partial charge in [-0.15, -0.1) is 0 Å². The smallest absolute Gasteiger partial charge is 0.227 e. The molecule has 0 aromatic carbocycles. The van der Waals surface area contributed by atoms with Gasteiger partial charge in [0.1, 0.15) is 0 Å². The fraction of sp³-hybridized carbons (Fsp3) is 0.933. The third-order valence-electron chi connectivity index (χ3n) is 5.13. The summed E-state index contributed by atoms with van der Waals surface area (Å²) in [5.74, 6) is 2.43.